The average molecular weight is 215 g/mol. The summed E-state index contributed by atoms with van der Waals surface area (Å²) in [5.41, 5.74) is 12.3. The molecule has 0 fully saturated rings. The molecular weight excluding hydrogens is 186 g/mol. The highest BCUT2D eigenvalue weighted by molar-refractivity contribution is 4.88. The van der Waals surface area contributed by atoms with Crippen molar-refractivity contribution >= 4 is 0 Å². The Labute approximate surface area is 95.0 Å². The first-order chi connectivity index (χ1) is 6.95. The molecule has 0 aliphatic carbocycles. The maximum absolute atomic E-state index is 6.21. The van der Waals surface area contributed by atoms with Crippen LogP contribution in [0.3, 0.4) is 0 Å². The molecule has 0 unspecified atom stereocenters. The predicted octanol–water partition coefficient (Wildman–Crippen LogP) is 1.61. The van der Waals surface area contributed by atoms with Crippen LogP contribution in [0.4, 0.5) is 0 Å². The number of rotatable bonds is 8. The highest BCUT2D eigenvalue weighted by atomic mass is 15.0. The van der Waals surface area contributed by atoms with Gasteiger partial charge in [-0.3, -0.25) is 0 Å². The van der Waals surface area contributed by atoms with Crippen LogP contribution < -0.4 is 16.8 Å². The van der Waals surface area contributed by atoms with E-state index >= 15 is 0 Å². The van der Waals surface area contributed by atoms with Crippen LogP contribution in [-0.2, 0) is 0 Å². The van der Waals surface area contributed by atoms with Gasteiger partial charge >= 0.3 is 0 Å². The highest BCUT2D eigenvalue weighted by Gasteiger charge is 2.23. The second-order valence-corrected chi connectivity index (χ2v) is 4.74. The van der Waals surface area contributed by atoms with Crippen LogP contribution >= 0.6 is 0 Å². The number of nitrogens with one attached hydrogen (secondary N) is 1. The molecule has 0 amide bonds. The lowest BCUT2D eigenvalue weighted by atomic mass is 9.91. The Bertz CT molecular complexity index is 142. The Morgan fingerprint density at radius 2 is 1.00 bits per heavy atom. The summed E-state index contributed by atoms with van der Waals surface area (Å²) >= 11 is 0. The zero-order valence-electron chi connectivity index (χ0n) is 10.9. The molecule has 0 aromatic heterocycles. The molecule has 0 saturated carbocycles. The van der Waals surface area contributed by atoms with E-state index in [1.165, 1.54) is 0 Å². The lowest BCUT2D eigenvalue weighted by Gasteiger charge is -2.31. The highest BCUT2D eigenvalue weighted by Crippen LogP contribution is 2.12. The molecule has 0 radical (unpaired) electrons. The molecule has 3 heteroatoms. The Hall–Kier alpha value is -0.120. The van der Waals surface area contributed by atoms with Crippen LogP contribution in [0.2, 0.25) is 0 Å². The zero-order chi connectivity index (χ0) is 11.9. The fourth-order valence-corrected chi connectivity index (χ4v) is 1.56. The summed E-state index contributed by atoms with van der Waals surface area (Å²) in [5, 5.41) is 3.42. The lowest BCUT2D eigenvalue weighted by molar-refractivity contribution is 0.321. The molecule has 0 aromatic carbocycles. The zero-order valence-corrected chi connectivity index (χ0v) is 10.9. The fourth-order valence-electron chi connectivity index (χ4n) is 1.56. The van der Waals surface area contributed by atoms with E-state index in [4.69, 9.17) is 11.5 Å². The van der Waals surface area contributed by atoms with Gasteiger partial charge in [0.15, 0.2) is 0 Å². The molecule has 0 aliphatic heterocycles. The van der Waals surface area contributed by atoms with Crippen molar-refractivity contribution < 1.29 is 0 Å². The van der Waals surface area contributed by atoms with Crippen LogP contribution in [0.25, 0.3) is 0 Å². The van der Waals surface area contributed by atoms with Crippen molar-refractivity contribution in [1.29, 1.82) is 0 Å². The van der Waals surface area contributed by atoms with E-state index in [0.29, 0.717) is 0 Å². The largest absolute Gasteiger partial charge is 0.324 e. The van der Waals surface area contributed by atoms with Gasteiger partial charge in [-0.2, -0.15) is 0 Å². The molecule has 3 nitrogen and oxygen atoms in total. The van der Waals surface area contributed by atoms with E-state index in [9.17, 15) is 0 Å². The summed E-state index contributed by atoms with van der Waals surface area (Å²) in [6.45, 7) is 10.3. The average Bonchev–Trinajstić information content (AvgIpc) is 2.28. The maximum atomic E-state index is 6.21. The van der Waals surface area contributed by atoms with Gasteiger partial charge in [-0.1, -0.05) is 27.7 Å². The standard InChI is InChI=1S/C12H29N3/c1-5-11(13,6-2)9-15-10-12(14,7-3)8-4/h15H,5-10,13-14H2,1-4H3. The van der Waals surface area contributed by atoms with Gasteiger partial charge in [-0.05, 0) is 25.7 Å². The lowest BCUT2D eigenvalue weighted by Crippen LogP contribution is -2.54. The van der Waals surface area contributed by atoms with Gasteiger partial charge in [0, 0.05) is 24.2 Å². The van der Waals surface area contributed by atoms with Crippen molar-refractivity contribution in [2.24, 2.45) is 11.5 Å². The molecule has 5 N–H and O–H groups in total. The quantitative estimate of drug-likeness (QED) is 0.576. The van der Waals surface area contributed by atoms with E-state index in [0.717, 1.165) is 38.8 Å². The van der Waals surface area contributed by atoms with Crippen LogP contribution in [0.5, 0.6) is 0 Å². The van der Waals surface area contributed by atoms with E-state index in [2.05, 4.69) is 33.0 Å². The van der Waals surface area contributed by atoms with Gasteiger partial charge in [0.05, 0.1) is 0 Å². The Balaban J connectivity index is 3.96. The maximum Gasteiger partial charge on any atom is 0.0275 e. The molecule has 92 valence electrons. The minimum atomic E-state index is -0.0671. The van der Waals surface area contributed by atoms with Crippen LogP contribution in [-0.4, -0.2) is 24.2 Å². The fraction of sp³-hybridized carbons (Fsp3) is 1.00. The summed E-state index contributed by atoms with van der Waals surface area (Å²) in [7, 11) is 0. The first kappa shape index (κ1) is 14.9. The molecule has 0 saturated heterocycles. The van der Waals surface area contributed by atoms with E-state index in [1.807, 2.05) is 0 Å². The van der Waals surface area contributed by atoms with E-state index < -0.39 is 0 Å². The summed E-state index contributed by atoms with van der Waals surface area (Å²) in [6, 6.07) is 0. The van der Waals surface area contributed by atoms with Crippen LogP contribution in [0.1, 0.15) is 53.4 Å². The van der Waals surface area contributed by atoms with Crippen molar-refractivity contribution in [2.75, 3.05) is 13.1 Å². The van der Waals surface area contributed by atoms with Gasteiger partial charge in [0.2, 0.25) is 0 Å². The van der Waals surface area contributed by atoms with E-state index in [-0.39, 0.29) is 11.1 Å². The minimum absolute atomic E-state index is 0.0671. The minimum Gasteiger partial charge on any atom is -0.324 e. The summed E-state index contributed by atoms with van der Waals surface area (Å²) in [5.74, 6) is 0. The third kappa shape index (κ3) is 4.96. The third-order valence-electron chi connectivity index (χ3n) is 3.77. The SMILES string of the molecule is CCC(N)(CC)CNCC(N)(CC)CC. The molecule has 0 aromatic rings. The molecule has 0 aliphatic rings. The third-order valence-corrected chi connectivity index (χ3v) is 3.77. The van der Waals surface area contributed by atoms with Crippen molar-refractivity contribution in [3.63, 3.8) is 0 Å². The molecule has 0 atom stereocenters. The first-order valence-electron chi connectivity index (χ1n) is 6.23. The molecule has 0 bridgehead atoms. The molecular formula is C12H29N3. The van der Waals surface area contributed by atoms with Crippen LogP contribution in [0, 0.1) is 0 Å². The number of nitrogens with two attached hydrogens (primary N) is 2. The van der Waals surface area contributed by atoms with Gasteiger partial charge in [0.1, 0.15) is 0 Å². The predicted molar refractivity (Wildman–Crippen MR) is 67.9 cm³/mol. The second-order valence-electron chi connectivity index (χ2n) is 4.74. The van der Waals surface area contributed by atoms with E-state index in [1.54, 1.807) is 0 Å². The second kappa shape index (κ2) is 6.46. The number of hydrogen-bond acceptors (Lipinski definition) is 3. The number of hydrogen-bond donors (Lipinski definition) is 3. The van der Waals surface area contributed by atoms with Crippen molar-refractivity contribution in [1.82, 2.24) is 5.32 Å². The monoisotopic (exact) mass is 215 g/mol. The summed E-state index contributed by atoms with van der Waals surface area (Å²) < 4.78 is 0. The molecule has 0 rings (SSSR count). The van der Waals surface area contributed by atoms with Gasteiger partial charge in [0.25, 0.3) is 0 Å². The van der Waals surface area contributed by atoms with Crippen molar-refractivity contribution in [3.8, 4) is 0 Å². The van der Waals surface area contributed by atoms with Gasteiger partial charge in [-0.25, -0.2) is 0 Å². The van der Waals surface area contributed by atoms with Crippen LogP contribution in [0.15, 0.2) is 0 Å². The summed E-state index contributed by atoms with van der Waals surface area (Å²) in [4.78, 5) is 0. The Morgan fingerprint density at radius 3 is 1.20 bits per heavy atom. The Morgan fingerprint density at radius 1 is 0.733 bits per heavy atom. The molecule has 0 heterocycles. The normalized spacial score (nSPS) is 13.2. The first-order valence-corrected chi connectivity index (χ1v) is 6.23. The smallest absolute Gasteiger partial charge is 0.0275 e. The summed E-state index contributed by atoms with van der Waals surface area (Å²) in [6.07, 6.45) is 4.03. The van der Waals surface area contributed by atoms with Gasteiger partial charge < -0.3 is 16.8 Å². The molecule has 15 heavy (non-hydrogen) atoms. The Kier molecular flexibility index (Phi) is 6.41. The van der Waals surface area contributed by atoms with Crippen molar-refractivity contribution in [2.45, 2.75) is 64.5 Å². The topological polar surface area (TPSA) is 64.1 Å². The van der Waals surface area contributed by atoms with Crippen molar-refractivity contribution in [3.05, 3.63) is 0 Å². The molecule has 0 spiro atoms. The van der Waals surface area contributed by atoms with Gasteiger partial charge in [-0.15, -0.1) is 0 Å².